The summed E-state index contributed by atoms with van der Waals surface area (Å²) in [6.45, 7) is 6.25. The van der Waals surface area contributed by atoms with Crippen molar-refractivity contribution in [1.29, 1.82) is 0 Å². The van der Waals surface area contributed by atoms with Gasteiger partial charge in [-0.1, -0.05) is 17.2 Å². The number of benzene rings is 1. The van der Waals surface area contributed by atoms with Crippen LogP contribution in [0.1, 0.15) is 16.7 Å². The normalized spacial score (nSPS) is 11.0. The van der Waals surface area contributed by atoms with Crippen molar-refractivity contribution in [2.75, 3.05) is 7.11 Å². The molecule has 0 aliphatic carbocycles. The number of methoxy groups -OCH3 is 1. The highest BCUT2D eigenvalue weighted by Crippen LogP contribution is 2.25. The van der Waals surface area contributed by atoms with Gasteiger partial charge in [0.2, 0.25) is 0 Å². The lowest BCUT2D eigenvalue weighted by Crippen LogP contribution is -1.91. The molecule has 0 saturated carbocycles. The van der Waals surface area contributed by atoms with E-state index >= 15 is 0 Å². The van der Waals surface area contributed by atoms with Crippen LogP contribution in [0.4, 0.5) is 0 Å². The molecular formula is C17H18N2O. The van der Waals surface area contributed by atoms with Crippen molar-refractivity contribution in [2.45, 2.75) is 20.8 Å². The Bertz CT molecular complexity index is 767. The fourth-order valence-electron chi connectivity index (χ4n) is 2.59. The first-order valence-corrected chi connectivity index (χ1v) is 6.69. The Balaban J connectivity index is 2.17. The van der Waals surface area contributed by atoms with E-state index in [1.807, 2.05) is 29.8 Å². The lowest BCUT2D eigenvalue weighted by atomic mass is 10.1. The molecule has 0 bridgehead atoms. The monoisotopic (exact) mass is 266 g/mol. The van der Waals surface area contributed by atoms with Crippen LogP contribution in [-0.2, 0) is 0 Å². The molecule has 0 fully saturated rings. The van der Waals surface area contributed by atoms with Gasteiger partial charge in [-0.3, -0.25) is 0 Å². The molecule has 0 aliphatic rings. The molecule has 3 aromatic rings. The molecule has 2 aromatic heterocycles. The molecular weight excluding hydrogens is 248 g/mol. The summed E-state index contributed by atoms with van der Waals surface area (Å²) in [5.74, 6) is 0.877. The summed E-state index contributed by atoms with van der Waals surface area (Å²) in [5, 5.41) is 0. The SMILES string of the molecule is COc1cn2cc(-c3cc(C)cc(C)c3)nc2cc1C. The van der Waals surface area contributed by atoms with Crippen molar-refractivity contribution in [3.8, 4) is 17.0 Å². The van der Waals surface area contributed by atoms with Crippen LogP contribution >= 0.6 is 0 Å². The van der Waals surface area contributed by atoms with Crippen LogP contribution < -0.4 is 4.74 Å². The number of rotatable bonds is 2. The molecule has 0 atom stereocenters. The Kier molecular flexibility index (Phi) is 2.97. The van der Waals surface area contributed by atoms with E-state index in [0.29, 0.717) is 0 Å². The average molecular weight is 266 g/mol. The maximum absolute atomic E-state index is 5.36. The Morgan fingerprint density at radius 2 is 1.65 bits per heavy atom. The number of fused-ring (bicyclic) bond motifs is 1. The summed E-state index contributed by atoms with van der Waals surface area (Å²) in [4.78, 5) is 4.71. The minimum absolute atomic E-state index is 0.877. The zero-order chi connectivity index (χ0) is 14.3. The second kappa shape index (κ2) is 4.67. The van der Waals surface area contributed by atoms with Gasteiger partial charge in [0.25, 0.3) is 0 Å². The van der Waals surface area contributed by atoms with Gasteiger partial charge in [-0.25, -0.2) is 4.98 Å². The fraction of sp³-hybridized carbons (Fsp3) is 0.235. The maximum Gasteiger partial charge on any atom is 0.138 e. The first-order chi connectivity index (χ1) is 9.56. The Hall–Kier alpha value is -2.29. The molecule has 0 amide bonds. The largest absolute Gasteiger partial charge is 0.495 e. The molecule has 20 heavy (non-hydrogen) atoms. The number of nitrogens with zero attached hydrogens (tertiary/aromatic N) is 2. The summed E-state index contributed by atoms with van der Waals surface area (Å²) in [5.41, 5.74) is 6.69. The van der Waals surface area contributed by atoms with Gasteiger partial charge < -0.3 is 9.14 Å². The van der Waals surface area contributed by atoms with Crippen molar-refractivity contribution < 1.29 is 4.74 Å². The number of aryl methyl sites for hydroxylation is 3. The summed E-state index contributed by atoms with van der Waals surface area (Å²) in [6, 6.07) is 8.55. The van der Waals surface area contributed by atoms with E-state index < -0.39 is 0 Å². The van der Waals surface area contributed by atoms with Crippen LogP contribution in [-0.4, -0.2) is 16.5 Å². The minimum Gasteiger partial charge on any atom is -0.495 e. The molecule has 0 aliphatic heterocycles. The second-order valence-electron chi connectivity index (χ2n) is 5.29. The van der Waals surface area contributed by atoms with Crippen LogP contribution in [0.25, 0.3) is 16.9 Å². The smallest absolute Gasteiger partial charge is 0.138 e. The molecule has 0 radical (unpaired) electrons. The molecule has 3 rings (SSSR count). The maximum atomic E-state index is 5.36. The van der Waals surface area contributed by atoms with E-state index in [-0.39, 0.29) is 0 Å². The molecule has 2 heterocycles. The van der Waals surface area contributed by atoms with Crippen molar-refractivity contribution in [3.63, 3.8) is 0 Å². The van der Waals surface area contributed by atoms with Crippen LogP contribution in [0, 0.1) is 20.8 Å². The van der Waals surface area contributed by atoms with E-state index in [0.717, 1.165) is 28.2 Å². The van der Waals surface area contributed by atoms with Crippen molar-refractivity contribution >= 4 is 5.65 Å². The molecule has 0 spiro atoms. The highest BCUT2D eigenvalue weighted by molar-refractivity contribution is 5.65. The highest BCUT2D eigenvalue weighted by atomic mass is 16.5. The lowest BCUT2D eigenvalue weighted by Gasteiger charge is -2.04. The van der Waals surface area contributed by atoms with Crippen LogP contribution in [0.3, 0.4) is 0 Å². The van der Waals surface area contributed by atoms with E-state index in [1.54, 1.807) is 7.11 Å². The minimum atomic E-state index is 0.877. The number of imidazole rings is 1. The number of pyridine rings is 1. The van der Waals surface area contributed by atoms with Gasteiger partial charge in [0, 0.05) is 11.8 Å². The molecule has 3 heteroatoms. The third-order valence-corrected chi connectivity index (χ3v) is 3.49. The topological polar surface area (TPSA) is 26.5 Å². The zero-order valence-electron chi connectivity index (χ0n) is 12.3. The quantitative estimate of drug-likeness (QED) is 0.702. The number of hydrogen-bond donors (Lipinski definition) is 0. The van der Waals surface area contributed by atoms with Crippen molar-refractivity contribution in [3.05, 3.63) is 53.3 Å². The Morgan fingerprint density at radius 3 is 2.30 bits per heavy atom. The number of hydrogen-bond acceptors (Lipinski definition) is 2. The van der Waals surface area contributed by atoms with E-state index in [4.69, 9.17) is 9.72 Å². The zero-order valence-corrected chi connectivity index (χ0v) is 12.3. The molecule has 0 unspecified atom stereocenters. The second-order valence-corrected chi connectivity index (χ2v) is 5.29. The molecule has 102 valence electrons. The van der Waals surface area contributed by atoms with Crippen molar-refractivity contribution in [1.82, 2.24) is 9.38 Å². The summed E-state index contributed by atoms with van der Waals surface area (Å²) in [7, 11) is 1.69. The van der Waals surface area contributed by atoms with Crippen LogP contribution in [0.5, 0.6) is 5.75 Å². The van der Waals surface area contributed by atoms with Crippen molar-refractivity contribution in [2.24, 2.45) is 0 Å². The third-order valence-electron chi connectivity index (χ3n) is 3.49. The molecule has 1 aromatic carbocycles. The Morgan fingerprint density at radius 1 is 0.950 bits per heavy atom. The standard InChI is InChI=1S/C17H18N2O/c1-11-5-12(2)7-14(6-11)15-9-19-10-16(20-4)13(3)8-17(19)18-15/h5-10H,1-4H3. The lowest BCUT2D eigenvalue weighted by molar-refractivity contribution is 0.409. The predicted octanol–water partition coefficient (Wildman–Crippen LogP) is 3.94. The average Bonchev–Trinajstić information content (AvgIpc) is 2.79. The molecule has 0 saturated heterocycles. The first-order valence-electron chi connectivity index (χ1n) is 6.69. The van der Waals surface area contributed by atoms with Crippen LogP contribution in [0.2, 0.25) is 0 Å². The third kappa shape index (κ3) is 2.16. The highest BCUT2D eigenvalue weighted by Gasteiger charge is 2.08. The van der Waals surface area contributed by atoms with Gasteiger partial charge in [-0.2, -0.15) is 0 Å². The van der Waals surface area contributed by atoms with E-state index in [2.05, 4.69) is 32.0 Å². The summed E-state index contributed by atoms with van der Waals surface area (Å²) in [6.07, 6.45) is 4.02. The number of ether oxygens (including phenoxy) is 1. The number of aromatic nitrogens is 2. The van der Waals surface area contributed by atoms with Gasteiger partial charge in [-0.05, 0) is 44.5 Å². The van der Waals surface area contributed by atoms with E-state index in [1.165, 1.54) is 11.1 Å². The van der Waals surface area contributed by atoms with E-state index in [9.17, 15) is 0 Å². The molecule has 3 nitrogen and oxygen atoms in total. The van der Waals surface area contributed by atoms with Gasteiger partial charge in [0.1, 0.15) is 11.4 Å². The Labute approximate surface area is 118 Å². The van der Waals surface area contributed by atoms with Gasteiger partial charge >= 0.3 is 0 Å². The summed E-state index contributed by atoms with van der Waals surface area (Å²) >= 11 is 0. The van der Waals surface area contributed by atoms with Crippen LogP contribution in [0.15, 0.2) is 36.7 Å². The molecule has 0 N–H and O–H groups in total. The van der Waals surface area contributed by atoms with Gasteiger partial charge in [0.15, 0.2) is 0 Å². The predicted molar refractivity (Wildman–Crippen MR) is 81.4 cm³/mol. The summed E-state index contributed by atoms with van der Waals surface area (Å²) < 4.78 is 7.37. The fourth-order valence-corrected chi connectivity index (χ4v) is 2.59. The van der Waals surface area contributed by atoms with Gasteiger partial charge in [-0.15, -0.1) is 0 Å². The van der Waals surface area contributed by atoms with Gasteiger partial charge in [0.05, 0.1) is 19.0 Å². The first kappa shape index (κ1) is 12.7.